The van der Waals surface area contributed by atoms with Gasteiger partial charge in [0.15, 0.2) is 0 Å². The van der Waals surface area contributed by atoms with Crippen LogP contribution in [0.15, 0.2) is 0 Å². The predicted molar refractivity (Wildman–Crippen MR) is 37.4 cm³/mol. The second-order valence-corrected chi connectivity index (χ2v) is 0.707. The first-order valence-electron chi connectivity index (χ1n) is 2.99. The van der Waals surface area contributed by atoms with E-state index >= 15 is 0 Å². The molecule has 0 aromatic carbocycles. The van der Waals surface area contributed by atoms with E-state index in [-0.39, 0.29) is 0 Å². The molecule has 0 saturated carbocycles. The summed E-state index contributed by atoms with van der Waals surface area (Å²) in [5.74, 6) is 0. The minimum Gasteiger partial charge on any atom is -0.333 e. The Morgan fingerprint density at radius 3 is 1.00 bits per heavy atom. The maximum Gasteiger partial charge on any atom is -0.0195 e. The zero-order chi connectivity index (χ0) is 6.71. The molecule has 0 unspecified atom stereocenters. The molecule has 1 nitrogen and oxygen atoms in total. The lowest BCUT2D eigenvalue weighted by molar-refractivity contribution is 1.09. The molecule has 0 aliphatic heterocycles. The van der Waals surface area contributed by atoms with E-state index in [1.165, 1.54) is 13.5 Å². The summed E-state index contributed by atoms with van der Waals surface area (Å²) in [5.41, 5.74) is 4.50. The van der Waals surface area contributed by atoms with Crippen molar-refractivity contribution in [1.82, 2.24) is 0 Å². The van der Waals surface area contributed by atoms with Gasteiger partial charge in [-0.25, -0.2) is 0 Å². The third kappa shape index (κ3) is 58400. The maximum atomic E-state index is 4.50. The fourth-order valence-corrected chi connectivity index (χ4v) is 0. The highest BCUT2D eigenvalue weighted by Crippen LogP contribution is 1.56. The summed E-state index contributed by atoms with van der Waals surface area (Å²) in [6, 6.07) is 0. The third-order valence-electron chi connectivity index (χ3n) is 0. The number of hydrogen-bond acceptors (Lipinski definition) is 1. The quantitative estimate of drug-likeness (QED) is 0.501. The summed E-state index contributed by atoms with van der Waals surface area (Å²) in [5, 5.41) is 0. The van der Waals surface area contributed by atoms with E-state index < -0.39 is 0 Å². The van der Waals surface area contributed by atoms with Crippen molar-refractivity contribution in [3.8, 4) is 0 Å². The lowest BCUT2D eigenvalue weighted by atomic mass is 10.6. The Hall–Kier alpha value is -0.0400. The van der Waals surface area contributed by atoms with E-state index in [4.69, 9.17) is 0 Å². The van der Waals surface area contributed by atoms with E-state index in [1.54, 1.807) is 0 Å². The van der Waals surface area contributed by atoms with Crippen LogP contribution in [-0.4, -0.2) is 7.05 Å². The normalized spacial score (nSPS) is 4.29. The first-order chi connectivity index (χ1) is 3.41. The molecule has 1 heteroatoms. The Morgan fingerprint density at radius 2 is 1.00 bits per heavy atom. The highest BCUT2D eigenvalue weighted by molar-refractivity contribution is 3.92. The molecule has 0 aliphatic rings. The molecule has 0 atom stereocenters. The van der Waals surface area contributed by atoms with Gasteiger partial charge in [-0.05, 0) is 7.05 Å². The van der Waals surface area contributed by atoms with Crippen LogP contribution in [0.4, 0.5) is 0 Å². The molecule has 48 valence electrons. The van der Waals surface area contributed by atoms with Gasteiger partial charge in [-0.15, -0.1) is 0 Å². The largest absolute Gasteiger partial charge is 0.333 e. The van der Waals surface area contributed by atoms with Gasteiger partial charge >= 0.3 is 0 Å². The molecule has 0 bridgehead atoms. The molecule has 0 fully saturated rings. The van der Waals surface area contributed by atoms with Gasteiger partial charge in [0.1, 0.15) is 0 Å². The number of rotatable bonds is 0. The summed E-state index contributed by atoms with van der Waals surface area (Å²) in [4.78, 5) is 0. The van der Waals surface area contributed by atoms with E-state index in [9.17, 15) is 0 Å². The summed E-state index contributed by atoms with van der Waals surface area (Å²) < 4.78 is 0. The second-order valence-electron chi connectivity index (χ2n) is 0.707. The Kier molecular flexibility index (Phi) is 358. The third-order valence-corrected chi connectivity index (χ3v) is 0. The summed E-state index contributed by atoms with van der Waals surface area (Å²) in [7, 11) is 1.50. The zero-order valence-corrected chi connectivity index (χ0v) is 6.28. The first kappa shape index (κ1) is 15.8. The lowest BCUT2D eigenvalue weighted by Gasteiger charge is -1.48. The van der Waals surface area contributed by atoms with Crippen LogP contribution in [0.5, 0.6) is 0 Å². The monoisotopic (exact) mass is 105 g/mol. The van der Waals surface area contributed by atoms with Crippen molar-refractivity contribution in [2.75, 3.05) is 7.05 Å². The van der Waals surface area contributed by atoms with Gasteiger partial charge in [0.05, 0.1) is 0 Å². The van der Waals surface area contributed by atoms with E-state index in [0.717, 1.165) is 0 Å². The van der Waals surface area contributed by atoms with Crippen molar-refractivity contribution in [3.05, 3.63) is 0 Å². The fourth-order valence-electron chi connectivity index (χ4n) is 0. The molecule has 0 aliphatic carbocycles. The molecule has 0 amide bonds. The molecule has 0 radical (unpaired) electrons. The SMILES string of the molecule is CC.CCC.CN. The molecular weight excluding hydrogens is 86.1 g/mol. The summed E-state index contributed by atoms with van der Waals surface area (Å²) in [6.07, 6.45) is 1.25. The van der Waals surface area contributed by atoms with Gasteiger partial charge in [-0.2, -0.15) is 0 Å². The average molecular weight is 105 g/mol. The maximum absolute atomic E-state index is 4.50. The van der Waals surface area contributed by atoms with Gasteiger partial charge < -0.3 is 5.73 Å². The van der Waals surface area contributed by atoms with Crippen LogP contribution in [-0.2, 0) is 0 Å². The van der Waals surface area contributed by atoms with Crippen molar-refractivity contribution in [2.24, 2.45) is 5.73 Å². The Bertz CT molecular complexity index is 4.14. The van der Waals surface area contributed by atoms with Gasteiger partial charge in [0, 0.05) is 0 Å². The van der Waals surface area contributed by atoms with Gasteiger partial charge in [0.25, 0.3) is 0 Å². The summed E-state index contributed by atoms with van der Waals surface area (Å²) >= 11 is 0. The Morgan fingerprint density at radius 1 is 1.00 bits per heavy atom. The predicted octanol–water partition coefficient (Wildman–Crippen LogP) is 2.02. The number of hydrogen-bond donors (Lipinski definition) is 1. The molecule has 7 heavy (non-hydrogen) atoms. The van der Waals surface area contributed by atoms with Crippen LogP contribution in [0.2, 0.25) is 0 Å². The zero-order valence-electron chi connectivity index (χ0n) is 6.28. The molecule has 0 rings (SSSR count). The first-order valence-corrected chi connectivity index (χ1v) is 2.99. The van der Waals surface area contributed by atoms with E-state index in [1.807, 2.05) is 13.8 Å². The van der Waals surface area contributed by atoms with Crippen LogP contribution < -0.4 is 5.73 Å². The number of nitrogens with two attached hydrogens (primary N) is 1. The second kappa shape index (κ2) is 159. The molecule has 0 aromatic heterocycles. The van der Waals surface area contributed by atoms with Crippen molar-refractivity contribution >= 4 is 0 Å². The smallest absolute Gasteiger partial charge is 0.0195 e. The van der Waals surface area contributed by atoms with Gasteiger partial charge in [0.2, 0.25) is 0 Å². The Balaban J connectivity index is -0.0000000360. The van der Waals surface area contributed by atoms with Crippen LogP contribution in [0.3, 0.4) is 0 Å². The van der Waals surface area contributed by atoms with Crippen LogP contribution in [0, 0.1) is 0 Å². The standard InChI is InChI=1S/C3H8.C2H6.CH5N/c1-3-2;2*1-2/h3H2,1-2H3;1-2H3;2H2,1H3. The minimum absolute atomic E-state index is 1.25. The topological polar surface area (TPSA) is 26.0 Å². The van der Waals surface area contributed by atoms with E-state index in [0.29, 0.717) is 0 Å². The van der Waals surface area contributed by atoms with Crippen LogP contribution in [0.1, 0.15) is 34.1 Å². The van der Waals surface area contributed by atoms with Crippen molar-refractivity contribution < 1.29 is 0 Å². The molecule has 0 heterocycles. The minimum atomic E-state index is 1.25. The van der Waals surface area contributed by atoms with Crippen molar-refractivity contribution in [2.45, 2.75) is 34.1 Å². The molecule has 0 aromatic rings. The average Bonchev–Trinajstić information content (AvgIpc) is 1.78. The van der Waals surface area contributed by atoms with E-state index in [2.05, 4.69) is 19.6 Å². The van der Waals surface area contributed by atoms with Gasteiger partial charge in [-0.3, -0.25) is 0 Å². The van der Waals surface area contributed by atoms with Crippen molar-refractivity contribution in [3.63, 3.8) is 0 Å². The molecule has 0 spiro atoms. The van der Waals surface area contributed by atoms with Gasteiger partial charge in [-0.1, -0.05) is 34.1 Å². The van der Waals surface area contributed by atoms with Crippen LogP contribution >= 0.6 is 0 Å². The Labute approximate surface area is 47.9 Å². The van der Waals surface area contributed by atoms with Crippen LogP contribution in [0.25, 0.3) is 0 Å². The highest BCUT2D eigenvalue weighted by atomic mass is 14.4. The van der Waals surface area contributed by atoms with Crippen molar-refractivity contribution in [1.29, 1.82) is 0 Å². The summed E-state index contributed by atoms with van der Waals surface area (Å²) in [6.45, 7) is 8.25. The molecular formula is C6H19N. The molecule has 0 saturated heterocycles. The highest BCUT2D eigenvalue weighted by Gasteiger charge is 1.35. The fraction of sp³-hybridized carbons (Fsp3) is 1.00. The molecule has 2 N–H and O–H groups in total. The lowest BCUT2D eigenvalue weighted by Crippen LogP contribution is -1.69.